The molecule has 402 valence electrons. The number of Topliss-reactive ketones (excluding diaryl/α,β-unsaturated/α-hetero) is 2. The van der Waals surface area contributed by atoms with E-state index in [9.17, 15) is 9.59 Å². The number of rotatable bonds is 9. The molecule has 71 heavy (non-hydrogen) atoms. The van der Waals surface area contributed by atoms with Gasteiger partial charge in [0.1, 0.15) is 0 Å². The first-order valence-corrected chi connectivity index (χ1v) is 27.3. The van der Waals surface area contributed by atoms with Crippen LogP contribution in [0.1, 0.15) is 216 Å². The standard InChI is InChI=1S/2C10H12O.2C10H14.C9H12.5C4H10/c2*1-8(2)10(11)9-6-4-3-5-7-9;2*1-9(2)8-10-6-4-3-5-7-10;1-8(2)9-6-4-3-5-7-9;5*1-4(2)3/h2*3-8H,1-2H3;2*3-7,9H,8H2,1-2H3;3-8H,1-2H3;5*4H,1-3H3. The quantitative estimate of drug-likeness (QED) is 0.138. The lowest BCUT2D eigenvalue weighted by Crippen LogP contribution is -2.06. The molecule has 5 aromatic rings. The van der Waals surface area contributed by atoms with Crippen molar-refractivity contribution in [2.24, 2.45) is 53.3 Å². The monoisotopic (exact) mass is 975 g/mol. The Balaban J connectivity index is -0.000000234. The molecule has 5 aromatic carbocycles. The Morgan fingerprint density at radius 2 is 0.465 bits per heavy atom. The van der Waals surface area contributed by atoms with Crippen molar-refractivity contribution in [3.8, 4) is 0 Å². The second-order valence-electron chi connectivity index (χ2n) is 23.2. The highest BCUT2D eigenvalue weighted by atomic mass is 16.1. The molecule has 0 aliphatic heterocycles. The maximum atomic E-state index is 11.3. The predicted octanol–water partition coefficient (Wildman–Crippen LogP) is 21.9. The maximum absolute atomic E-state index is 11.3. The van der Waals surface area contributed by atoms with Crippen molar-refractivity contribution >= 4 is 11.6 Å². The third-order valence-corrected chi connectivity index (χ3v) is 7.61. The molecule has 0 saturated heterocycles. The highest BCUT2D eigenvalue weighted by Crippen LogP contribution is 2.12. The summed E-state index contributed by atoms with van der Waals surface area (Å²) in [6.07, 6.45) is 2.39. The van der Waals surface area contributed by atoms with Gasteiger partial charge in [-0.05, 0) is 76.9 Å². The molecule has 0 amide bonds. The molecule has 0 aliphatic carbocycles. The zero-order valence-corrected chi connectivity index (χ0v) is 50.9. The minimum atomic E-state index is 0.0948. The van der Waals surface area contributed by atoms with Gasteiger partial charge in [0.25, 0.3) is 0 Å². The minimum absolute atomic E-state index is 0.0948. The van der Waals surface area contributed by atoms with Crippen molar-refractivity contribution in [3.05, 3.63) is 179 Å². The highest BCUT2D eigenvalue weighted by Gasteiger charge is 2.09. The first-order chi connectivity index (χ1) is 33.0. The van der Waals surface area contributed by atoms with Crippen LogP contribution in [0.3, 0.4) is 0 Å². The zero-order chi connectivity index (χ0) is 55.9. The second kappa shape index (κ2) is 50.4. The first kappa shape index (κ1) is 75.4. The topological polar surface area (TPSA) is 34.1 Å². The van der Waals surface area contributed by atoms with Crippen molar-refractivity contribution in [2.45, 2.75) is 192 Å². The van der Waals surface area contributed by atoms with E-state index in [-0.39, 0.29) is 23.4 Å². The van der Waals surface area contributed by atoms with E-state index in [1.807, 2.05) is 94.4 Å². The fourth-order valence-electron chi connectivity index (χ4n) is 4.88. The molecule has 0 aromatic heterocycles. The van der Waals surface area contributed by atoms with Gasteiger partial charge in [0, 0.05) is 23.0 Å². The minimum Gasteiger partial charge on any atom is -0.294 e. The van der Waals surface area contributed by atoms with E-state index in [1.165, 1.54) is 29.5 Å². The van der Waals surface area contributed by atoms with Gasteiger partial charge in [0.05, 0.1) is 0 Å². The molecule has 0 bridgehead atoms. The summed E-state index contributed by atoms with van der Waals surface area (Å²) >= 11 is 0. The summed E-state index contributed by atoms with van der Waals surface area (Å²) in [5.41, 5.74) is 5.91. The lowest BCUT2D eigenvalue weighted by atomic mass is 10.0. The van der Waals surface area contributed by atoms with Crippen molar-refractivity contribution in [1.29, 1.82) is 0 Å². The molecule has 0 unspecified atom stereocenters. The van der Waals surface area contributed by atoms with E-state index in [0.717, 1.165) is 52.6 Å². The van der Waals surface area contributed by atoms with Crippen LogP contribution in [-0.2, 0) is 12.8 Å². The molecule has 2 nitrogen and oxygen atoms in total. The van der Waals surface area contributed by atoms with E-state index in [0.29, 0.717) is 5.92 Å². The first-order valence-electron chi connectivity index (χ1n) is 27.3. The van der Waals surface area contributed by atoms with Gasteiger partial charge in [0.15, 0.2) is 11.6 Å². The summed E-state index contributed by atoms with van der Waals surface area (Å²) in [5.74, 6) is 6.97. The maximum Gasteiger partial charge on any atom is 0.165 e. The Morgan fingerprint density at radius 3 is 0.620 bits per heavy atom. The number of hydrogen-bond donors (Lipinski definition) is 0. The van der Waals surface area contributed by atoms with Crippen LogP contribution in [-0.4, -0.2) is 11.6 Å². The predicted molar refractivity (Wildman–Crippen MR) is 324 cm³/mol. The Morgan fingerprint density at radius 1 is 0.282 bits per heavy atom. The van der Waals surface area contributed by atoms with Crippen molar-refractivity contribution in [3.63, 3.8) is 0 Å². The number of benzene rings is 5. The van der Waals surface area contributed by atoms with Gasteiger partial charge < -0.3 is 0 Å². The molecule has 0 heterocycles. The summed E-state index contributed by atoms with van der Waals surface area (Å²) in [6.45, 7) is 53.5. The van der Waals surface area contributed by atoms with Gasteiger partial charge in [-0.15, -0.1) is 0 Å². The third kappa shape index (κ3) is 65.4. The van der Waals surface area contributed by atoms with Crippen molar-refractivity contribution < 1.29 is 9.59 Å². The van der Waals surface area contributed by atoms with E-state index in [4.69, 9.17) is 0 Å². The zero-order valence-electron chi connectivity index (χ0n) is 50.9. The molecular formula is C69H114O2. The number of ketones is 2. The van der Waals surface area contributed by atoms with Crippen LogP contribution < -0.4 is 0 Å². The van der Waals surface area contributed by atoms with E-state index in [1.54, 1.807) is 0 Å². The molecule has 0 radical (unpaired) electrons. The second-order valence-corrected chi connectivity index (χ2v) is 23.2. The third-order valence-electron chi connectivity index (χ3n) is 7.61. The molecule has 0 atom stereocenters. The molecule has 0 N–H and O–H groups in total. The average Bonchev–Trinajstić information content (AvgIpc) is 3.27. The molecule has 0 saturated carbocycles. The fraction of sp³-hybridized carbons (Fsp3) is 0.536. The Kier molecular flexibility index (Phi) is 53.5. The van der Waals surface area contributed by atoms with Crippen molar-refractivity contribution in [2.75, 3.05) is 0 Å². The molecule has 0 spiro atoms. The van der Waals surface area contributed by atoms with Gasteiger partial charge in [0.2, 0.25) is 0 Å². The van der Waals surface area contributed by atoms with Crippen LogP contribution in [0.2, 0.25) is 0 Å². The van der Waals surface area contributed by atoms with Gasteiger partial charge in [-0.1, -0.05) is 325 Å². The van der Waals surface area contributed by atoms with Crippen LogP contribution in [0.5, 0.6) is 0 Å². The summed E-state index contributed by atoms with van der Waals surface area (Å²) in [6, 6.07) is 50.5. The summed E-state index contributed by atoms with van der Waals surface area (Å²) in [4.78, 5) is 22.7. The molecule has 0 aliphatic rings. The van der Waals surface area contributed by atoms with E-state index < -0.39 is 0 Å². The number of carbonyl (C=O) groups is 2. The fourth-order valence-corrected chi connectivity index (χ4v) is 4.88. The van der Waals surface area contributed by atoms with Crippen LogP contribution in [0.15, 0.2) is 152 Å². The largest absolute Gasteiger partial charge is 0.294 e. The Labute approximate surface area is 443 Å². The summed E-state index contributed by atoms with van der Waals surface area (Å²) < 4.78 is 0. The van der Waals surface area contributed by atoms with Crippen LogP contribution in [0.25, 0.3) is 0 Å². The van der Waals surface area contributed by atoms with Gasteiger partial charge in [-0.2, -0.15) is 0 Å². The Hall–Kier alpha value is -4.56. The lowest BCUT2D eigenvalue weighted by molar-refractivity contribution is 0.0932. The average molecular weight is 976 g/mol. The molecule has 2 heteroatoms. The van der Waals surface area contributed by atoms with Gasteiger partial charge >= 0.3 is 0 Å². The van der Waals surface area contributed by atoms with Crippen molar-refractivity contribution in [1.82, 2.24) is 0 Å². The highest BCUT2D eigenvalue weighted by molar-refractivity contribution is 5.97. The number of carbonyl (C=O) groups excluding carboxylic acids is 2. The van der Waals surface area contributed by atoms with Gasteiger partial charge in [-0.25, -0.2) is 0 Å². The number of hydrogen-bond acceptors (Lipinski definition) is 2. The molecular weight excluding hydrogens is 861 g/mol. The summed E-state index contributed by atoms with van der Waals surface area (Å²) in [7, 11) is 0. The van der Waals surface area contributed by atoms with E-state index >= 15 is 0 Å². The normalized spacial score (nSPS) is 9.85. The van der Waals surface area contributed by atoms with E-state index in [2.05, 4.69) is 230 Å². The van der Waals surface area contributed by atoms with Crippen LogP contribution in [0, 0.1) is 53.3 Å². The van der Waals surface area contributed by atoms with Crippen LogP contribution in [0.4, 0.5) is 0 Å². The SMILES string of the molecule is CC(C)C.CC(C)C.CC(C)C.CC(C)C.CC(C)C.CC(C)C(=O)c1ccccc1.CC(C)C(=O)c1ccccc1.CC(C)Cc1ccccc1.CC(C)Cc1ccccc1.CC(C)c1ccccc1. The lowest BCUT2D eigenvalue weighted by Gasteiger charge is -2.02. The smallest absolute Gasteiger partial charge is 0.165 e. The Bertz CT molecular complexity index is 1650. The summed E-state index contributed by atoms with van der Waals surface area (Å²) in [5, 5.41) is 0. The molecule has 0 fully saturated rings. The van der Waals surface area contributed by atoms with Crippen LogP contribution >= 0.6 is 0 Å². The molecule has 5 rings (SSSR count). The van der Waals surface area contributed by atoms with Gasteiger partial charge in [-0.3, -0.25) is 9.59 Å².